The van der Waals surface area contributed by atoms with Gasteiger partial charge in [-0.15, -0.1) is 0 Å². The highest BCUT2D eigenvalue weighted by Crippen LogP contribution is 2.33. The summed E-state index contributed by atoms with van der Waals surface area (Å²) in [4.78, 5) is 12.0. The lowest BCUT2D eigenvalue weighted by Gasteiger charge is -2.23. The van der Waals surface area contributed by atoms with Crippen LogP contribution in [0, 0.1) is 0 Å². The lowest BCUT2D eigenvalue weighted by molar-refractivity contribution is 0.0529. The van der Waals surface area contributed by atoms with E-state index in [4.69, 9.17) is 4.74 Å². The van der Waals surface area contributed by atoms with Gasteiger partial charge in [-0.2, -0.15) is 0 Å². The van der Waals surface area contributed by atoms with E-state index in [0.717, 1.165) is 0 Å². The van der Waals surface area contributed by atoms with Crippen molar-refractivity contribution in [1.29, 1.82) is 0 Å². The summed E-state index contributed by atoms with van der Waals surface area (Å²) >= 11 is 0. The molecule has 2 N–H and O–H groups in total. The minimum absolute atomic E-state index is 0.264. The van der Waals surface area contributed by atoms with Crippen LogP contribution in [0.4, 0.5) is 4.79 Å². The summed E-state index contributed by atoms with van der Waals surface area (Å²) in [6.07, 6.45) is -0.0555. The Morgan fingerprint density at radius 3 is 2.30 bits per heavy atom. The standard InChI is InChI=1S/C16H23NO5S/c1-16(2,3)17-15(19)22-14(10-18)11-4-6-12(7-5-11)23(20,21)13-8-9-13/h4-7,13-14,18H,8-10H2,1-3H3,(H,17,19)/t14-/m0/s1. The van der Waals surface area contributed by atoms with Gasteiger partial charge < -0.3 is 15.2 Å². The molecule has 1 aromatic carbocycles. The van der Waals surface area contributed by atoms with Crippen LogP contribution >= 0.6 is 0 Å². The summed E-state index contributed by atoms with van der Waals surface area (Å²) in [6.45, 7) is 5.07. The molecule has 1 amide bonds. The summed E-state index contributed by atoms with van der Waals surface area (Å²) in [5.74, 6) is 0. The summed E-state index contributed by atoms with van der Waals surface area (Å²) < 4.78 is 29.5. The van der Waals surface area contributed by atoms with Crippen LogP contribution in [0.2, 0.25) is 0 Å². The van der Waals surface area contributed by atoms with Gasteiger partial charge in [-0.25, -0.2) is 13.2 Å². The maximum Gasteiger partial charge on any atom is 0.408 e. The van der Waals surface area contributed by atoms with Crippen molar-refractivity contribution in [2.75, 3.05) is 6.61 Å². The van der Waals surface area contributed by atoms with Crippen molar-refractivity contribution in [3.8, 4) is 0 Å². The third-order valence-electron chi connectivity index (χ3n) is 3.44. The first-order valence-corrected chi connectivity index (χ1v) is 9.11. The molecule has 23 heavy (non-hydrogen) atoms. The Morgan fingerprint density at radius 2 is 1.87 bits per heavy atom. The zero-order chi connectivity index (χ0) is 17.3. The smallest absolute Gasteiger partial charge is 0.408 e. The molecule has 0 aliphatic heterocycles. The van der Waals surface area contributed by atoms with Gasteiger partial charge in [-0.05, 0) is 51.3 Å². The second-order valence-electron chi connectivity index (χ2n) is 6.76. The number of rotatable bonds is 5. The number of aliphatic hydroxyl groups is 1. The first-order chi connectivity index (χ1) is 10.6. The summed E-state index contributed by atoms with van der Waals surface area (Å²) in [7, 11) is -3.24. The van der Waals surface area contributed by atoms with Crippen LogP contribution in [-0.4, -0.2) is 37.0 Å². The van der Waals surface area contributed by atoms with E-state index in [0.29, 0.717) is 18.4 Å². The zero-order valence-corrected chi connectivity index (χ0v) is 14.4. The topological polar surface area (TPSA) is 92.7 Å². The predicted molar refractivity (Wildman–Crippen MR) is 85.8 cm³/mol. The van der Waals surface area contributed by atoms with Crippen LogP contribution in [0.25, 0.3) is 0 Å². The zero-order valence-electron chi connectivity index (χ0n) is 13.6. The Labute approximate surface area is 136 Å². The highest BCUT2D eigenvalue weighted by atomic mass is 32.2. The van der Waals surface area contributed by atoms with Gasteiger partial charge in [0.05, 0.1) is 16.8 Å². The van der Waals surface area contributed by atoms with Gasteiger partial charge in [0, 0.05) is 5.54 Å². The summed E-state index contributed by atoms with van der Waals surface area (Å²) in [5, 5.41) is 11.8. The Kier molecular flexibility index (Phi) is 5.01. The van der Waals surface area contributed by atoms with Crippen LogP contribution < -0.4 is 5.32 Å². The average molecular weight is 341 g/mol. The molecule has 6 nitrogen and oxygen atoms in total. The van der Waals surface area contributed by atoms with E-state index < -0.39 is 27.6 Å². The number of ether oxygens (including phenoxy) is 1. The van der Waals surface area contributed by atoms with E-state index in [-0.39, 0.29) is 16.8 Å². The molecule has 0 heterocycles. The van der Waals surface area contributed by atoms with E-state index in [9.17, 15) is 18.3 Å². The fraction of sp³-hybridized carbons (Fsp3) is 0.562. The minimum Gasteiger partial charge on any atom is -0.439 e. The van der Waals surface area contributed by atoms with E-state index in [1.54, 1.807) is 12.1 Å². The second-order valence-corrected chi connectivity index (χ2v) is 8.99. The lowest BCUT2D eigenvalue weighted by Crippen LogP contribution is -2.41. The summed E-state index contributed by atoms with van der Waals surface area (Å²) in [6, 6.07) is 6.13. The fourth-order valence-corrected chi connectivity index (χ4v) is 3.78. The van der Waals surface area contributed by atoms with Crippen LogP contribution in [0.3, 0.4) is 0 Å². The van der Waals surface area contributed by atoms with Crippen molar-refractivity contribution in [2.45, 2.75) is 55.4 Å². The Hall–Kier alpha value is -1.60. The van der Waals surface area contributed by atoms with E-state index in [2.05, 4.69) is 5.32 Å². The molecular formula is C16H23NO5S. The van der Waals surface area contributed by atoms with Gasteiger partial charge >= 0.3 is 6.09 Å². The number of hydrogen-bond acceptors (Lipinski definition) is 5. The van der Waals surface area contributed by atoms with Gasteiger partial charge in [0.25, 0.3) is 0 Å². The van der Waals surface area contributed by atoms with Crippen LogP contribution in [-0.2, 0) is 14.6 Å². The Bertz CT molecular complexity index is 657. The van der Waals surface area contributed by atoms with Crippen LogP contribution in [0.1, 0.15) is 45.3 Å². The first-order valence-electron chi connectivity index (χ1n) is 7.57. The molecule has 0 aromatic heterocycles. The summed E-state index contributed by atoms with van der Waals surface area (Å²) in [5.41, 5.74) is 0.102. The van der Waals surface area contributed by atoms with Crippen LogP contribution in [0.5, 0.6) is 0 Å². The molecule has 0 unspecified atom stereocenters. The molecular weight excluding hydrogens is 318 g/mol. The highest BCUT2D eigenvalue weighted by molar-refractivity contribution is 7.92. The largest absolute Gasteiger partial charge is 0.439 e. The number of hydrogen-bond donors (Lipinski definition) is 2. The highest BCUT2D eigenvalue weighted by Gasteiger charge is 2.36. The maximum atomic E-state index is 12.1. The van der Waals surface area contributed by atoms with Gasteiger partial charge in [-0.3, -0.25) is 0 Å². The molecule has 0 bridgehead atoms. The predicted octanol–water partition coefficient (Wildman–Crippen LogP) is 2.18. The van der Waals surface area contributed by atoms with Gasteiger partial charge in [0.1, 0.15) is 0 Å². The molecule has 1 saturated carbocycles. The third-order valence-corrected chi connectivity index (χ3v) is 5.71. The first kappa shape index (κ1) is 17.7. The normalized spacial score (nSPS) is 16.7. The number of nitrogens with one attached hydrogen (secondary N) is 1. The van der Waals surface area contributed by atoms with E-state index in [1.807, 2.05) is 20.8 Å². The maximum absolute atomic E-state index is 12.1. The van der Waals surface area contributed by atoms with Crippen molar-refractivity contribution in [3.05, 3.63) is 29.8 Å². The quantitative estimate of drug-likeness (QED) is 0.856. The van der Waals surface area contributed by atoms with E-state index in [1.165, 1.54) is 12.1 Å². The van der Waals surface area contributed by atoms with Crippen molar-refractivity contribution in [3.63, 3.8) is 0 Å². The second kappa shape index (κ2) is 6.49. The molecule has 1 aliphatic rings. The number of carbonyl (C=O) groups is 1. The van der Waals surface area contributed by atoms with E-state index >= 15 is 0 Å². The molecule has 0 spiro atoms. The Balaban J connectivity index is 2.08. The molecule has 0 radical (unpaired) electrons. The SMILES string of the molecule is CC(C)(C)NC(=O)O[C@@H](CO)c1ccc(S(=O)(=O)C2CC2)cc1. The van der Waals surface area contributed by atoms with Crippen LogP contribution in [0.15, 0.2) is 29.2 Å². The molecule has 1 aliphatic carbocycles. The lowest BCUT2D eigenvalue weighted by atomic mass is 10.1. The number of aliphatic hydroxyl groups excluding tert-OH is 1. The third kappa shape index (κ3) is 4.68. The molecule has 0 saturated heterocycles. The molecule has 2 rings (SSSR count). The number of benzene rings is 1. The number of carbonyl (C=O) groups excluding carboxylic acids is 1. The molecule has 1 aromatic rings. The van der Waals surface area contributed by atoms with Crippen molar-refractivity contribution in [2.24, 2.45) is 0 Å². The number of amides is 1. The molecule has 1 atom stereocenters. The molecule has 1 fully saturated rings. The van der Waals surface area contributed by atoms with Gasteiger partial charge in [0.15, 0.2) is 15.9 Å². The molecule has 7 heteroatoms. The molecule has 128 valence electrons. The Morgan fingerprint density at radius 1 is 1.30 bits per heavy atom. The van der Waals surface area contributed by atoms with Crippen molar-refractivity contribution in [1.82, 2.24) is 5.32 Å². The number of alkyl carbamates (subject to hydrolysis) is 1. The van der Waals surface area contributed by atoms with Gasteiger partial charge in [-0.1, -0.05) is 12.1 Å². The fourth-order valence-electron chi connectivity index (χ4n) is 2.12. The average Bonchev–Trinajstić information content (AvgIpc) is 3.28. The monoisotopic (exact) mass is 341 g/mol. The van der Waals surface area contributed by atoms with Gasteiger partial charge in [0.2, 0.25) is 0 Å². The van der Waals surface area contributed by atoms with Crippen molar-refractivity contribution < 1.29 is 23.1 Å². The number of sulfone groups is 1. The minimum atomic E-state index is -3.24. The van der Waals surface area contributed by atoms with Crippen molar-refractivity contribution >= 4 is 15.9 Å².